The number of aryl methyl sites for hydroxylation is 2. The Morgan fingerprint density at radius 3 is 1.95 bits per heavy atom. The maximum Gasteiger partial charge on any atom is 0.264 e. The number of carbonyl (C=O) groups is 2. The number of carbonyl (C=O) groups excluding carboxylic acids is 2. The second-order valence-electron chi connectivity index (χ2n) is 9.94. The summed E-state index contributed by atoms with van der Waals surface area (Å²) < 4.78 is 29.1. The van der Waals surface area contributed by atoms with Gasteiger partial charge < -0.3 is 10.2 Å². The molecule has 41 heavy (non-hydrogen) atoms. The van der Waals surface area contributed by atoms with E-state index >= 15 is 0 Å². The highest BCUT2D eigenvalue weighted by atomic mass is 32.2. The zero-order chi connectivity index (χ0) is 29.4. The van der Waals surface area contributed by atoms with Crippen molar-refractivity contribution in [2.75, 3.05) is 17.9 Å². The molecule has 7 nitrogen and oxygen atoms in total. The van der Waals surface area contributed by atoms with E-state index in [4.69, 9.17) is 0 Å². The Hall–Kier alpha value is -4.43. The van der Waals surface area contributed by atoms with Gasteiger partial charge >= 0.3 is 0 Å². The predicted octanol–water partition coefficient (Wildman–Crippen LogP) is 4.88. The molecule has 0 bridgehead atoms. The Bertz CT molecular complexity index is 1570. The first kappa shape index (κ1) is 29.6. The zero-order valence-corrected chi connectivity index (χ0v) is 24.3. The molecule has 1 N–H and O–H groups in total. The average molecular weight is 570 g/mol. The van der Waals surface area contributed by atoms with Crippen molar-refractivity contribution in [1.82, 2.24) is 10.2 Å². The fourth-order valence-electron chi connectivity index (χ4n) is 4.69. The molecule has 0 heterocycles. The molecule has 0 radical (unpaired) electrons. The van der Waals surface area contributed by atoms with Gasteiger partial charge in [0.25, 0.3) is 10.0 Å². The number of sulfonamides is 1. The predicted molar refractivity (Wildman–Crippen MR) is 162 cm³/mol. The molecule has 2 amide bonds. The Balaban J connectivity index is 1.78. The number of benzene rings is 4. The molecule has 4 aromatic rings. The standard InChI is InChI=1S/C33H35N3O4S/c1-25-18-20-28(21-19-25)23-35(31(33(38)34-3)22-27-13-6-4-7-14-27)32(37)24-36(30-17-11-10-12-26(30)2)41(39,40)29-15-8-5-9-16-29/h4-21,31H,22-24H2,1-3H3,(H,34,38)/t31-/m0/s1. The third-order valence-corrected chi connectivity index (χ3v) is 8.76. The number of nitrogens with one attached hydrogen (secondary N) is 1. The van der Waals surface area contributed by atoms with Crippen LogP contribution in [0.4, 0.5) is 5.69 Å². The average Bonchev–Trinajstić information content (AvgIpc) is 2.99. The Morgan fingerprint density at radius 1 is 0.756 bits per heavy atom. The molecule has 0 aliphatic carbocycles. The van der Waals surface area contributed by atoms with E-state index in [0.717, 1.165) is 21.0 Å². The van der Waals surface area contributed by atoms with Crippen LogP contribution in [-0.4, -0.2) is 44.8 Å². The van der Waals surface area contributed by atoms with Crippen LogP contribution < -0.4 is 9.62 Å². The molecular weight excluding hydrogens is 534 g/mol. The van der Waals surface area contributed by atoms with Gasteiger partial charge in [-0.3, -0.25) is 13.9 Å². The Kier molecular flexibility index (Phi) is 9.57. The molecule has 0 aromatic heterocycles. The van der Waals surface area contributed by atoms with Gasteiger partial charge in [0.1, 0.15) is 12.6 Å². The summed E-state index contributed by atoms with van der Waals surface area (Å²) in [6, 6.07) is 31.4. The van der Waals surface area contributed by atoms with Crippen LogP contribution in [0.1, 0.15) is 22.3 Å². The first-order valence-electron chi connectivity index (χ1n) is 13.4. The van der Waals surface area contributed by atoms with Crippen molar-refractivity contribution in [1.29, 1.82) is 0 Å². The number of hydrogen-bond acceptors (Lipinski definition) is 4. The smallest absolute Gasteiger partial charge is 0.264 e. The minimum atomic E-state index is -4.11. The fourth-order valence-corrected chi connectivity index (χ4v) is 6.19. The quantitative estimate of drug-likeness (QED) is 0.279. The lowest BCUT2D eigenvalue weighted by Gasteiger charge is -2.34. The van der Waals surface area contributed by atoms with Crippen LogP contribution in [0.15, 0.2) is 114 Å². The van der Waals surface area contributed by atoms with Crippen LogP contribution in [0.2, 0.25) is 0 Å². The van der Waals surface area contributed by atoms with Crippen molar-refractivity contribution in [3.05, 3.63) is 131 Å². The van der Waals surface area contributed by atoms with Gasteiger partial charge in [-0.25, -0.2) is 8.42 Å². The van der Waals surface area contributed by atoms with Crippen molar-refractivity contribution in [2.24, 2.45) is 0 Å². The van der Waals surface area contributed by atoms with Crippen LogP contribution in [0.5, 0.6) is 0 Å². The monoisotopic (exact) mass is 569 g/mol. The fraction of sp³-hybridized carbons (Fsp3) is 0.212. The molecule has 4 rings (SSSR count). The van der Waals surface area contributed by atoms with Crippen molar-refractivity contribution in [2.45, 2.75) is 37.8 Å². The first-order valence-corrected chi connectivity index (χ1v) is 14.9. The minimum Gasteiger partial charge on any atom is -0.357 e. The lowest BCUT2D eigenvalue weighted by Crippen LogP contribution is -2.53. The van der Waals surface area contributed by atoms with Crippen LogP contribution in [0, 0.1) is 13.8 Å². The summed E-state index contributed by atoms with van der Waals surface area (Å²) in [6.45, 7) is 3.44. The van der Waals surface area contributed by atoms with Gasteiger partial charge in [-0.1, -0.05) is 96.6 Å². The maximum absolute atomic E-state index is 14.3. The van der Waals surface area contributed by atoms with Crippen LogP contribution >= 0.6 is 0 Å². The summed E-state index contributed by atoms with van der Waals surface area (Å²) in [5.74, 6) is -0.819. The number of rotatable bonds is 11. The number of amides is 2. The van der Waals surface area contributed by atoms with Crippen LogP contribution in [0.25, 0.3) is 0 Å². The summed E-state index contributed by atoms with van der Waals surface area (Å²) in [6.07, 6.45) is 0.272. The van der Waals surface area contributed by atoms with Crippen LogP contribution in [-0.2, 0) is 32.6 Å². The second kappa shape index (κ2) is 13.3. The molecule has 0 aliphatic rings. The highest BCUT2D eigenvalue weighted by molar-refractivity contribution is 7.92. The van der Waals surface area contributed by atoms with Crippen molar-refractivity contribution in [3.63, 3.8) is 0 Å². The topological polar surface area (TPSA) is 86.8 Å². The number of para-hydroxylation sites is 1. The minimum absolute atomic E-state index is 0.0771. The number of anilines is 1. The summed E-state index contributed by atoms with van der Waals surface area (Å²) in [5.41, 5.74) is 3.89. The van der Waals surface area contributed by atoms with Gasteiger partial charge in [-0.2, -0.15) is 0 Å². The molecule has 0 saturated heterocycles. The van der Waals surface area contributed by atoms with Crippen LogP contribution in [0.3, 0.4) is 0 Å². The highest BCUT2D eigenvalue weighted by Crippen LogP contribution is 2.27. The number of nitrogens with zero attached hydrogens (tertiary/aromatic N) is 2. The number of likely N-dealkylation sites (N-methyl/N-ethyl adjacent to an activating group) is 1. The van der Waals surface area contributed by atoms with Crippen molar-refractivity contribution < 1.29 is 18.0 Å². The lowest BCUT2D eigenvalue weighted by molar-refractivity contribution is -0.139. The van der Waals surface area contributed by atoms with Gasteiger partial charge in [0.2, 0.25) is 11.8 Å². The van der Waals surface area contributed by atoms with E-state index in [1.807, 2.05) is 67.6 Å². The molecule has 0 saturated carbocycles. The van der Waals surface area contributed by atoms with Crippen molar-refractivity contribution in [3.8, 4) is 0 Å². The largest absolute Gasteiger partial charge is 0.357 e. The molecule has 8 heteroatoms. The van der Waals surface area contributed by atoms with E-state index in [9.17, 15) is 18.0 Å². The molecule has 4 aromatic carbocycles. The molecule has 0 unspecified atom stereocenters. The molecule has 0 spiro atoms. The SMILES string of the molecule is CNC(=O)[C@H](Cc1ccccc1)N(Cc1ccc(C)cc1)C(=O)CN(c1ccccc1C)S(=O)(=O)c1ccccc1. The summed E-state index contributed by atoms with van der Waals surface area (Å²) in [5, 5.41) is 2.70. The second-order valence-corrected chi connectivity index (χ2v) is 11.8. The third-order valence-electron chi connectivity index (χ3n) is 6.99. The van der Waals surface area contributed by atoms with Gasteiger partial charge in [0, 0.05) is 20.0 Å². The Morgan fingerprint density at radius 2 is 1.34 bits per heavy atom. The molecule has 0 fully saturated rings. The summed E-state index contributed by atoms with van der Waals surface area (Å²) in [7, 11) is -2.57. The van der Waals surface area contributed by atoms with E-state index in [2.05, 4.69) is 5.32 Å². The maximum atomic E-state index is 14.3. The molecule has 212 valence electrons. The van der Waals surface area contributed by atoms with E-state index in [1.165, 1.54) is 24.1 Å². The van der Waals surface area contributed by atoms with E-state index < -0.39 is 28.5 Å². The van der Waals surface area contributed by atoms with E-state index in [1.54, 1.807) is 43.3 Å². The lowest BCUT2D eigenvalue weighted by atomic mass is 10.0. The summed E-state index contributed by atoms with van der Waals surface area (Å²) in [4.78, 5) is 29.1. The van der Waals surface area contributed by atoms with Crippen molar-refractivity contribution >= 4 is 27.5 Å². The Labute approximate surface area is 242 Å². The third kappa shape index (κ3) is 7.21. The number of hydrogen-bond donors (Lipinski definition) is 1. The van der Waals surface area contributed by atoms with Gasteiger partial charge in [-0.05, 0) is 48.7 Å². The first-order chi connectivity index (χ1) is 19.7. The highest BCUT2D eigenvalue weighted by Gasteiger charge is 2.34. The zero-order valence-electron chi connectivity index (χ0n) is 23.5. The van der Waals surface area contributed by atoms with Gasteiger partial charge in [-0.15, -0.1) is 0 Å². The normalized spacial score (nSPS) is 11.9. The van der Waals surface area contributed by atoms with Gasteiger partial charge in [0.15, 0.2) is 0 Å². The van der Waals surface area contributed by atoms with E-state index in [0.29, 0.717) is 11.3 Å². The summed E-state index contributed by atoms with van der Waals surface area (Å²) >= 11 is 0. The molecule has 1 atom stereocenters. The van der Waals surface area contributed by atoms with Gasteiger partial charge in [0.05, 0.1) is 10.6 Å². The van der Waals surface area contributed by atoms with E-state index in [-0.39, 0.29) is 23.8 Å². The molecular formula is C33H35N3O4S. The molecule has 0 aliphatic heterocycles.